The minimum atomic E-state index is -0.227. The molecule has 0 saturated carbocycles. The van der Waals surface area contributed by atoms with Crippen molar-refractivity contribution >= 4 is 11.7 Å². The van der Waals surface area contributed by atoms with E-state index in [-0.39, 0.29) is 12.1 Å². The summed E-state index contributed by atoms with van der Waals surface area (Å²) < 4.78 is 11.2. The van der Waals surface area contributed by atoms with E-state index in [2.05, 4.69) is 15.6 Å². The number of aromatic nitrogens is 1. The Morgan fingerprint density at radius 1 is 1.29 bits per heavy atom. The molecule has 6 nitrogen and oxygen atoms in total. The van der Waals surface area contributed by atoms with E-state index in [0.29, 0.717) is 18.8 Å². The molecular weight excluding hydrogens is 306 g/mol. The first-order chi connectivity index (χ1) is 11.8. The van der Waals surface area contributed by atoms with Crippen molar-refractivity contribution in [2.75, 3.05) is 18.5 Å². The molecular formula is C18H21N3O3. The minimum absolute atomic E-state index is 0.138. The molecule has 1 aromatic carbocycles. The Bertz CT molecular complexity index is 640. The maximum absolute atomic E-state index is 11.8. The van der Waals surface area contributed by atoms with E-state index in [1.165, 1.54) is 0 Å². The Hall–Kier alpha value is -2.60. The van der Waals surface area contributed by atoms with Crippen LogP contribution in [0, 0.1) is 0 Å². The van der Waals surface area contributed by atoms with Crippen molar-refractivity contribution in [1.29, 1.82) is 0 Å². The summed E-state index contributed by atoms with van der Waals surface area (Å²) in [6.07, 6.45) is 5.71. The molecule has 6 heteroatoms. The van der Waals surface area contributed by atoms with Crippen LogP contribution < -0.4 is 15.4 Å². The Kier molecular flexibility index (Phi) is 5.63. The highest BCUT2D eigenvalue weighted by molar-refractivity contribution is 5.89. The van der Waals surface area contributed by atoms with Crippen molar-refractivity contribution in [3.63, 3.8) is 0 Å². The highest BCUT2D eigenvalue weighted by atomic mass is 16.5. The van der Waals surface area contributed by atoms with Gasteiger partial charge in [-0.25, -0.2) is 4.79 Å². The average molecular weight is 327 g/mol. The average Bonchev–Trinajstić information content (AvgIpc) is 3.14. The normalized spacial score (nSPS) is 16.6. The van der Waals surface area contributed by atoms with Crippen LogP contribution in [0.2, 0.25) is 0 Å². The summed E-state index contributed by atoms with van der Waals surface area (Å²) >= 11 is 0. The topological polar surface area (TPSA) is 72.5 Å². The van der Waals surface area contributed by atoms with Crippen LogP contribution in [0.1, 0.15) is 18.4 Å². The molecule has 2 aromatic rings. The van der Waals surface area contributed by atoms with Gasteiger partial charge in [-0.3, -0.25) is 4.98 Å². The van der Waals surface area contributed by atoms with Gasteiger partial charge in [-0.05, 0) is 43.2 Å². The molecule has 1 aromatic heterocycles. The third-order valence-electron chi connectivity index (χ3n) is 3.75. The van der Waals surface area contributed by atoms with E-state index in [0.717, 1.165) is 30.8 Å². The largest absolute Gasteiger partial charge is 0.489 e. The first-order valence-electron chi connectivity index (χ1n) is 8.08. The van der Waals surface area contributed by atoms with Gasteiger partial charge in [0.25, 0.3) is 0 Å². The van der Waals surface area contributed by atoms with E-state index in [1.807, 2.05) is 36.4 Å². The van der Waals surface area contributed by atoms with E-state index >= 15 is 0 Å². The molecule has 1 unspecified atom stereocenters. The monoisotopic (exact) mass is 327 g/mol. The first kappa shape index (κ1) is 16.3. The predicted molar refractivity (Wildman–Crippen MR) is 91.0 cm³/mol. The molecule has 1 aliphatic heterocycles. The highest BCUT2D eigenvalue weighted by Crippen LogP contribution is 2.17. The number of amides is 2. The highest BCUT2D eigenvalue weighted by Gasteiger charge is 2.15. The molecule has 0 bridgehead atoms. The van der Waals surface area contributed by atoms with Crippen LogP contribution in [0.5, 0.6) is 5.75 Å². The number of rotatable bonds is 6. The molecule has 1 fully saturated rings. The van der Waals surface area contributed by atoms with Gasteiger partial charge in [0, 0.05) is 36.8 Å². The van der Waals surface area contributed by atoms with Crippen LogP contribution in [0.4, 0.5) is 10.5 Å². The minimum Gasteiger partial charge on any atom is -0.489 e. The van der Waals surface area contributed by atoms with Crippen LogP contribution >= 0.6 is 0 Å². The number of hydrogen-bond donors (Lipinski definition) is 2. The van der Waals surface area contributed by atoms with E-state index in [4.69, 9.17) is 9.47 Å². The second-order valence-electron chi connectivity index (χ2n) is 5.64. The van der Waals surface area contributed by atoms with Gasteiger partial charge in [-0.15, -0.1) is 0 Å². The van der Waals surface area contributed by atoms with Crippen molar-refractivity contribution in [3.8, 4) is 5.75 Å². The lowest BCUT2D eigenvalue weighted by atomic mass is 10.2. The van der Waals surface area contributed by atoms with Crippen molar-refractivity contribution in [2.24, 2.45) is 0 Å². The van der Waals surface area contributed by atoms with E-state index in [1.54, 1.807) is 12.4 Å². The zero-order valence-corrected chi connectivity index (χ0v) is 13.4. The lowest BCUT2D eigenvalue weighted by molar-refractivity contribution is 0.112. The van der Waals surface area contributed by atoms with Crippen LogP contribution in [0.15, 0.2) is 48.8 Å². The predicted octanol–water partition coefficient (Wildman–Crippen LogP) is 2.96. The summed E-state index contributed by atoms with van der Waals surface area (Å²) in [6.45, 7) is 1.79. The van der Waals surface area contributed by atoms with Gasteiger partial charge in [-0.2, -0.15) is 0 Å². The molecule has 0 spiro atoms. The number of hydrogen-bond acceptors (Lipinski definition) is 4. The van der Waals surface area contributed by atoms with Crippen molar-refractivity contribution in [3.05, 3.63) is 54.4 Å². The van der Waals surface area contributed by atoms with Gasteiger partial charge in [0.1, 0.15) is 12.4 Å². The summed E-state index contributed by atoms with van der Waals surface area (Å²) in [6, 6.07) is 10.9. The zero-order chi connectivity index (χ0) is 16.6. The zero-order valence-electron chi connectivity index (χ0n) is 13.4. The standard InChI is InChI=1S/C18H21N3O3/c22-18(20-12-17-4-2-10-23-17)21-15-5-7-16(8-6-15)24-13-14-3-1-9-19-11-14/h1,3,5-9,11,17H,2,4,10,12-13H2,(H2,20,21,22). The Balaban J connectivity index is 1.42. The lowest BCUT2D eigenvalue weighted by Crippen LogP contribution is -2.34. The maximum Gasteiger partial charge on any atom is 0.319 e. The van der Waals surface area contributed by atoms with Crippen LogP contribution in [-0.4, -0.2) is 30.3 Å². The van der Waals surface area contributed by atoms with Crippen LogP contribution in [0.25, 0.3) is 0 Å². The second kappa shape index (κ2) is 8.31. The van der Waals surface area contributed by atoms with Crippen molar-refractivity contribution in [1.82, 2.24) is 10.3 Å². The summed E-state index contributed by atoms with van der Waals surface area (Å²) in [5, 5.41) is 5.62. The van der Waals surface area contributed by atoms with Crippen LogP contribution in [0.3, 0.4) is 0 Å². The molecule has 0 aliphatic carbocycles. The summed E-state index contributed by atoms with van der Waals surface area (Å²) in [5.74, 6) is 0.740. The number of nitrogens with one attached hydrogen (secondary N) is 2. The molecule has 1 aliphatic rings. The maximum atomic E-state index is 11.8. The number of urea groups is 1. The number of ether oxygens (including phenoxy) is 2. The van der Waals surface area contributed by atoms with Crippen LogP contribution in [-0.2, 0) is 11.3 Å². The van der Waals surface area contributed by atoms with Gasteiger partial charge in [0.15, 0.2) is 0 Å². The quantitative estimate of drug-likeness (QED) is 0.855. The molecule has 2 N–H and O–H groups in total. The number of anilines is 1. The Labute approximate surface area is 141 Å². The van der Waals surface area contributed by atoms with Gasteiger partial charge in [0.2, 0.25) is 0 Å². The first-order valence-corrected chi connectivity index (χ1v) is 8.08. The Morgan fingerprint density at radius 2 is 2.17 bits per heavy atom. The molecule has 24 heavy (non-hydrogen) atoms. The number of nitrogens with zero attached hydrogens (tertiary/aromatic N) is 1. The molecule has 2 heterocycles. The number of carbonyl (C=O) groups is 1. The van der Waals surface area contributed by atoms with Gasteiger partial charge >= 0.3 is 6.03 Å². The fraction of sp³-hybridized carbons (Fsp3) is 0.333. The van der Waals surface area contributed by atoms with Crippen molar-refractivity contribution in [2.45, 2.75) is 25.6 Å². The SMILES string of the molecule is O=C(NCC1CCCO1)Nc1ccc(OCc2cccnc2)cc1. The Morgan fingerprint density at radius 3 is 2.88 bits per heavy atom. The van der Waals surface area contributed by atoms with Gasteiger partial charge in [0.05, 0.1) is 6.10 Å². The van der Waals surface area contributed by atoms with Crippen molar-refractivity contribution < 1.29 is 14.3 Å². The fourth-order valence-electron chi connectivity index (χ4n) is 2.47. The molecule has 3 rings (SSSR count). The molecule has 2 amide bonds. The summed E-state index contributed by atoms with van der Waals surface area (Å²) in [7, 11) is 0. The van der Waals surface area contributed by atoms with Gasteiger partial charge < -0.3 is 20.1 Å². The van der Waals surface area contributed by atoms with Gasteiger partial charge in [-0.1, -0.05) is 6.07 Å². The van der Waals surface area contributed by atoms with E-state index < -0.39 is 0 Å². The smallest absolute Gasteiger partial charge is 0.319 e. The molecule has 1 saturated heterocycles. The number of carbonyl (C=O) groups excluding carboxylic acids is 1. The number of benzene rings is 1. The number of pyridine rings is 1. The molecule has 0 radical (unpaired) electrons. The third-order valence-corrected chi connectivity index (χ3v) is 3.75. The molecule has 1 atom stereocenters. The summed E-state index contributed by atoms with van der Waals surface area (Å²) in [4.78, 5) is 15.9. The third kappa shape index (κ3) is 4.96. The lowest BCUT2D eigenvalue weighted by Gasteiger charge is -2.12. The fourth-order valence-corrected chi connectivity index (χ4v) is 2.47. The molecule has 126 valence electrons. The summed E-state index contributed by atoms with van der Waals surface area (Å²) in [5.41, 5.74) is 1.72. The second-order valence-corrected chi connectivity index (χ2v) is 5.64. The van der Waals surface area contributed by atoms with E-state index in [9.17, 15) is 4.79 Å².